The monoisotopic (exact) mass is 486 g/mol. The average Bonchev–Trinajstić information content (AvgIpc) is 3.29. The van der Waals surface area contributed by atoms with Crippen molar-refractivity contribution in [3.8, 4) is 22.1 Å². The summed E-state index contributed by atoms with van der Waals surface area (Å²) in [6.07, 6.45) is 6.58. The van der Waals surface area contributed by atoms with Gasteiger partial charge in [-0.05, 0) is 79.1 Å². The van der Waals surface area contributed by atoms with Crippen LogP contribution in [0.15, 0.2) is 66.7 Å². The predicted molar refractivity (Wildman–Crippen MR) is 145 cm³/mol. The van der Waals surface area contributed by atoms with Crippen molar-refractivity contribution in [1.29, 1.82) is 0 Å². The normalized spacial score (nSPS) is 11.2. The molecule has 6 heteroatoms. The van der Waals surface area contributed by atoms with Crippen LogP contribution in [-0.4, -0.2) is 24.6 Å². The molecule has 0 atom stereocenters. The third kappa shape index (κ3) is 6.49. The largest absolute Gasteiger partial charge is 0.493 e. The second-order valence-electron chi connectivity index (χ2n) is 8.36. The molecule has 0 aliphatic rings. The van der Waals surface area contributed by atoms with Crippen LogP contribution in [0.5, 0.6) is 11.5 Å². The first-order valence-electron chi connectivity index (χ1n) is 11.8. The van der Waals surface area contributed by atoms with Gasteiger partial charge in [0.2, 0.25) is 5.91 Å². The molecule has 0 aliphatic carbocycles. The van der Waals surface area contributed by atoms with Gasteiger partial charge in [0.25, 0.3) is 0 Å². The zero-order chi connectivity index (χ0) is 24.6. The number of amides is 1. The molecule has 0 unspecified atom stereocenters. The summed E-state index contributed by atoms with van der Waals surface area (Å²) >= 11 is 1.67. The summed E-state index contributed by atoms with van der Waals surface area (Å²) < 4.78 is 12.5. The van der Waals surface area contributed by atoms with Crippen molar-refractivity contribution in [2.75, 3.05) is 19.0 Å². The van der Waals surface area contributed by atoms with E-state index >= 15 is 0 Å². The zero-order valence-corrected chi connectivity index (χ0v) is 21.2. The van der Waals surface area contributed by atoms with Gasteiger partial charge >= 0.3 is 0 Å². The Morgan fingerprint density at radius 2 is 1.86 bits per heavy atom. The number of unbranched alkanes of at least 4 members (excludes halogenated alkanes) is 2. The van der Waals surface area contributed by atoms with Crippen LogP contribution in [0.1, 0.15) is 37.3 Å². The topological polar surface area (TPSA) is 60.5 Å². The molecule has 0 aliphatic heterocycles. The fourth-order valence-corrected chi connectivity index (χ4v) is 4.72. The highest BCUT2D eigenvalue weighted by molar-refractivity contribution is 7.21. The molecule has 0 bridgehead atoms. The minimum absolute atomic E-state index is 0.202. The average molecular weight is 487 g/mol. The molecule has 1 amide bonds. The number of carbonyl (C=O) groups excluding carboxylic acids is 1. The van der Waals surface area contributed by atoms with Crippen molar-refractivity contribution in [3.63, 3.8) is 0 Å². The minimum Gasteiger partial charge on any atom is -0.493 e. The summed E-state index contributed by atoms with van der Waals surface area (Å²) in [7, 11) is 1.62. The van der Waals surface area contributed by atoms with Crippen molar-refractivity contribution in [1.82, 2.24) is 4.98 Å². The number of aromatic nitrogens is 1. The third-order valence-corrected chi connectivity index (χ3v) is 6.63. The summed E-state index contributed by atoms with van der Waals surface area (Å²) in [6, 6.07) is 19.7. The summed E-state index contributed by atoms with van der Waals surface area (Å²) in [4.78, 5) is 17.2. The number of fused-ring (bicyclic) bond motifs is 1. The summed E-state index contributed by atoms with van der Waals surface area (Å²) in [5.41, 5.74) is 4.85. The highest BCUT2D eigenvalue weighted by Crippen LogP contribution is 2.31. The second-order valence-corrected chi connectivity index (χ2v) is 9.39. The smallest absolute Gasteiger partial charge is 0.248 e. The minimum atomic E-state index is -0.202. The molecule has 35 heavy (non-hydrogen) atoms. The number of hydrogen-bond acceptors (Lipinski definition) is 5. The second kappa shape index (κ2) is 11.7. The van der Waals surface area contributed by atoms with Gasteiger partial charge in [0.15, 0.2) is 11.5 Å². The number of methoxy groups -OCH3 is 1. The van der Waals surface area contributed by atoms with Gasteiger partial charge < -0.3 is 14.8 Å². The Morgan fingerprint density at radius 1 is 1.03 bits per heavy atom. The first-order chi connectivity index (χ1) is 17.1. The summed E-state index contributed by atoms with van der Waals surface area (Å²) in [6.45, 7) is 4.91. The van der Waals surface area contributed by atoms with E-state index in [9.17, 15) is 4.79 Å². The van der Waals surface area contributed by atoms with Crippen molar-refractivity contribution in [2.24, 2.45) is 0 Å². The maximum absolute atomic E-state index is 12.5. The van der Waals surface area contributed by atoms with Crippen molar-refractivity contribution in [2.45, 2.75) is 33.1 Å². The molecule has 3 aromatic carbocycles. The Labute approximate surface area is 210 Å². The first kappa shape index (κ1) is 24.5. The molecule has 180 valence electrons. The predicted octanol–water partition coefficient (Wildman–Crippen LogP) is 7.50. The standard InChI is InChI=1S/C29H30N2O3S/c1-4-5-6-17-34-25-15-8-21(19-26(25)33-3)9-16-28(32)30-23-12-10-22(11-13-23)29-31-24-14-7-20(2)18-27(24)35-29/h7-16,18-19H,4-6,17H2,1-3H3,(H,30,32). The van der Waals surface area contributed by atoms with E-state index in [0.717, 1.165) is 46.6 Å². The summed E-state index contributed by atoms with van der Waals surface area (Å²) in [5.74, 6) is 1.17. The highest BCUT2D eigenvalue weighted by atomic mass is 32.1. The molecular formula is C29H30N2O3S. The van der Waals surface area contributed by atoms with Crippen LogP contribution in [0.25, 0.3) is 26.9 Å². The maximum atomic E-state index is 12.5. The van der Waals surface area contributed by atoms with Gasteiger partial charge in [0.05, 0.1) is 23.9 Å². The van der Waals surface area contributed by atoms with Crippen LogP contribution in [0.3, 0.4) is 0 Å². The van der Waals surface area contributed by atoms with Crippen molar-refractivity contribution >= 4 is 39.2 Å². The first-order valence-corrected chi connectivity index (χ1v) is 12.6. The van der Waals surface area contributed by atoms with E-state index in [1.807, 2.05) is 42.5 Å². The quantitative estimate of drug-likeness (QED) is 0.186. The highest BCUT2D eigenvalue weighted by Gasteiger charge is 2.08. The molecule has 0 fully saturated rings. The maximum Gasteiger partial charge on any atom is 0.248 e. The number of benzene rings is 3. The molecule has 1 aromatic heterocycles. The molecule has 5 nitrogen and oxygen atoms in total. The lowest BCUT2D eigenvalue weighted by atomic mass is 10.2. The number of hydrogen-bond donors (Lipinski definition) is 1. The number of carbonyl (C=O) groups is 1. The van der Waals surface area contributed by atoms with Crippen LogP contribution in [0, 0.1) is 6.92 Å². The Kier molecular flexibility index (Phi) is 8.16. The van der Waals surface area contributed by atoms with Gasteiger partial charge in [0.1, 0.15) is 5.01 Å². The Balaban J connectivity index is 1.36. The van der Waals surface area contributed by atoms with Gasteiger partial charge in [-0.15, -0.1) is 11.3 Å². The molecule has 0 radical (unpaired) electrons. The van der Waals surface area contributed by atoms with Crippen LogP contribution in [0.4, 0.5) is 5.69 Å². The molecule has 1 heterocycles. The number of nitrogens with one attached hydrogen (secondary N) is 1. The van der Waals surface area contributed by atoms with Crippen molar-refractivity contribution in [3.05, 3.63) is 77.9 Å². The lowest BCUT2D eigenvalue weighted by molar-refractivity contribution is -0.111. The number of thiazole rings is 1. The van der Waals surface area contributed by atoms with Gasteiger partial charge in [-0.3, -0.25) is 4.79 Å². The van der Waals surface area contributed by atoms with E-state index in [1.165, 1.54) is 16.3 Å². The van der Waals surface area contributed by atoms with Crippen LogP contribution in [-0.2, 0) is 4.79 Å². The number of nitrogens with zero attached hydrogens (tertiary/aromatic N) is 1. The number of anilines is 1. The van der Waals surface area contributed by atoms with Crippen LogP contribution < -0.4 is 14.8 Å². The number of rotatable bonds is 10. The van der Waals surface area contributed by atoms with E-state index in [-0.39, 0.29) is 5.91 Å². The Morgan fingerprint density at radius 3 is 2.63 bits per heavy atom. The fourth-order valence-electron chi connectivity index (χ4n) is 3.65. The van der Waals surface area contributed by atoms with Crippen molar-refractivity contribution < 1.29 is 14.3 Å². The molecule has 0 saturated heterocycles. The third-order valence-electron chi connectivity index (χ3n) is 5.56. The van der Waals surface area contributed by atoms with Crippen LogP contribution in [0.2, 0.25) is 0 Å². The number of ether oxygens (including phenoxy) is 2. The van der Waals surface area contributed by atoms with E-state index < -0.39 is 0 Å². The fraction of sp³-hybridized carbons (Fsp3) is 0.241. The summed E-state index contributed by atoms with van der Waals surface area (Å²) in [5, 5.41) is 3.87. The van der Waals surface area contributed by atoms with E-state index in [1.54, 1.807) is 24.5 Å². The van der Waals surface area contributed by atoms with E-state index in [0.29, 0.717) is 18.1 Å². The van der Waals surface area contributed by atoms with Gasteiger partial charge in [-0.25, -0.2) is 4.98 Å². The SMILES string of the molecule is CCCCCOc1ccc(C=CC(=O)Nc2ccc(-c3nc4ccc(C)cc4s3)cc2)cc1OC. The van der Waals surface area contributed by atoms with Crippen LogP contribution >= 0.6 is 11.3 Å². The Bertz CT molecular complexity index is 1330. The van der Waals surface area contributed by atoms with E-state index in [4.69, 9.17) is 14.5 Å². The zero-order valence-electron chi connectivity index (χ0n) is 20.3. The van der Waals surface area contributed by atoms with Gasteiger partial charge in [-0.1, -0.05) is 31.9 Å². The lowest BCUT2D eigenvalue weighted by Gasteiger charge is -2.11. The Hall–Kier alpha value is -3.64. The molecule has 4 aromatic rings. The molecular weight excluding hydrogens is 456 g/mol. The molecule has 4 rings (SSSR count). The van der Waals surface area contributed by atoms with Gasteiger partial charge in [0, 0.05) is 17.3 Å². The molecule has 1 N–H and O–H groups in total. The lowest BCUT2D eigenvalue weighted by Crippen LogP contribution is -2.07. The number of aryl methyl sites for hydroxylation is 1. The van der Waals surface area contributed by atoms with E-state index in [2.05, 4.69) is 37.4 Å². The van der Waals surface area contributed by atoms with Gasteiger partial charge in [-0.2, -0.15) is 0 Å². The molecule has 0 spiro atoms. The molecule has 0 saturated carbocycles.